The maximum atomic E-state index is 12.5. The van der Waals surface area contributed by atoms with Crippen LogP contribution >= 0.6 is 0 Å². The molecule has 352 valence electrons. The number of piperidine rings is 2. The van der Waals surface area contributed by atoms with Crippen molar-refractivity contribution in [3.8, 4) is 45.8 Å². The SMILES string of the molecule is COc1ccc(-c2noc(C3CCN(C(=O)CN)CC3)n2)cc1OC.COc1ccc(-c2noc(C3CCN(C(=O)CNC(=O)c4ccccn4)CC3)n2)cc1OC.O=C(O)c1ccccn1. The maximum Gasteiger partial charge on any atom is 0.354 e. The topological polar surface area (TPSA) is 274 Å². The number of nitrogens with zero attached hydrogens (tertiary/aromatic N) is 8. The van der Waals surface area contributed by atoms with E-state index in [1.54, 1.807) is 86.8 Å². The van der Waals surface area contributed by atoms with Gasteiger partial charge in [0.25, 0.3) is 5.91 Å². The Balaban J connectivity index is 0.000000191. The van der Waals surface area contributed by atoms with E-state index in [1.807, 2.05) is 18.2 Å². The van der Waals surface area contributed by atoms with E-state index in [-0.39, 0.29) is 54.0 Å². The summed E-state index contributed by atoms with van der Waals surface area (Å²) in [6.07, 6.45) is 5.97. The molecule has 4 aromatic heterocycles. The van der Waals surface area contributed by atoms with Gasteiger partial charge in [-0.25, -0.2) is 9.78 Å². The second kappa shape index (κ2) is 23.8. The van der Waals surface area contributed by atoms with Crippen molar-refractivity contribution in [3.05, 3.63) is 108 Å². The van der Waals surface area contributed by atoms with Crippen molar-refractivity contribution in [1.29, 1.82) is 0 Å². The van der Waals surface area contributed by atoms with E-state index in [2.05, 4.69) is 35.6 Å². The number of benzene rings is 2. The van der Waals surface area contributed by atoms with Crippen LogP contribution in [0.3, 0.4) is 0 Å². The lowest BCUT2D eigenvalue weighted by atomic mass is 9.96. The zero-order valence-electron chi connectivity index (χ0n) is 37.5. The first-order chi connectivity index (χ1) is 32.5. The highest BCUT2D eigenvalue weighted by atomic mass is 16.5. The molecule has 0 saturated carbocycles. The normalized spacial score (nSPS) is 13.8. The van der Waals surface area contributed by atoms with Crippen LogP contribution in [-0.2, 0) is 9.59 Å². The summed E-state index contributed by atoms with van der Waals surface area (Å²) >= 11 is 0. The minimum atomic E-state index is -0.990. The molecule has 3 amide bonds. The van der Waals surface area contributed by atoms with E-state index in [0.29, 0.717) is 85.4 Å². The number of methoxy groups -OCH3 is 4. The fraction of sp³-hybridized carbons (Fsp3) is 0.348. The molecule has 2 aliphatic heterocycles. The minimum Gasteiger partial charge on any atom is -0.493 e. The van der Waals surface area contributed by atoms with Gasteiger partial charge < -0.3 is 54.0 Å². The van der Waals surface area contributed by atoms with Crippen molar-refractivity contribution in [3.63, 3.8) is 0 Å². The Kier molecular flexibility index (Phi) is 17.3. The summed E-state index contributed by atoms with van der Waals surface area (Å²) in [7, 11) is 6.32. The number of rotatable bonds is 13. The largest absolute Gasteiger partial charge is 0.493 e. The molecule has 0 atom stereocenters. The molecule has 21 heteroatoms. The van der Waals surface area contributed by atoms with E-state index in [0.717, 1.165) is 24.0 Å². The van der Waals surface area contributed by atoms with Gasteiger partial charge in [0.05, 0.1) is 41.5 Å². The molecule has 0 aliphatic carbocycles. The van der Waals surface area contributed by atoms with Crippen molar-refractivity contribution in [2.24, 2.45) is 5.73 Å². The maximum absolute atomic E-state index is 12.5. The molecule has 67 heavy (non-hydrogen) atoms. The summed E-state index contributed by atoms with van der Waals surface area (Å²) in [6.45, 7) is 2.41. The van der Waals surface area contributed by atoms with Crippen LogP contribution in [0.4, 0.5) is 0 Å². The molecular weight excluding hydrogens is 869 g/mol. The monoisotopic (exact) mass is 920 g/mol. The molecule has 6 aromatic rings. The van der Waals surface area contributed by atoms with Crippen LogP contribution in [0.1, 0.15) is 70.3 Å². The molecule has 0 bridgehead atoms. The minimum absolute atomic E-state index is 0.0185. The molecular formula is C46H52N10O11. The zero-order valence-corrected chi connectivity index (χ0v) is 37.5. The zero-order chi connectivity index (χ0) is 47.7. The standard InChI is InChI=1S/C23H25N5O5.C17H22N4O4.C6H5NO2/c1-31-18-7-6-16(13-19(18)32-2)21-26-23(33-27-21)15-8-11-28(12-9-15)20(29)14-25-22(30)17-5-3-4-10-24-17;1-23-13-4-3-12(9-14(13)24-2)16-19-17(25-20-16)11-5-7-21(8-6-11)15(22)10-18;8-6(9)5-3-1-2-4-7-5/h3-7,10,13,15H,8-9,11-12,14H2,1-2H3,(H,25,30);3-4,9,11H,5-8,10,18H2,1-2H3;1-4H,(H,8,9). The van der Waals surface area contributed by atoms with Gasteiger partial charge in [-0.1, -0.05) is 22.4 Å². The van der Waals surface area contributed by atoms with E-state index >= 15 is 0 Å². The van der Waals surface area contributed by atoms with Crippen LogP contribution in [-0.4, -0.2) is 137 Å². The van der Waals surface area contributed by atoms with E-state index in [4.69, 9.17) is 38.8 Å². The number of carbonyl (C=O) groups is 4. The molecule has 0 radical (unpaired) electrons. The van der Waals surface area contributed by atoms with E-state index < -0.39 is 5.97 Å². The summed E-state index contributed by atoms with van der Waals surface area (Å²) in [4.78, 5) is 66.5. The first-order valence-electron chi connectivity index (χ1n) is 21.3. The first-order valence-corrected chi connectivity index (χ1v) is 21.3. The Morgan fingerprint density at radius 3 is 1.48 bits per heavy atom. The lowest BCUT2D eigenvalue weighted by Gasteiger charge is -2.30. The number of nitrogens with two attached hydrogens (primary N) is 1. The number of hydrogen-bond donors (Lipinski definition) is 3. The average Bonchev–Trinajstić information content (AvgIpc) is 4.10. The van der Waals surface area contributed by atoms with Crippen LogP contribution < -0.4 is 30.0 Å². The lowest BCUT2D eigenvalue weighted by molar-refractivity contribution is -0.131. The van der Waals surface area contributed by atoms with Crippen LogP contribution in [0, 0.1) is 0 Å². The van der Waals surface area contributed by atoms with Gasteiger partial charge in [-0.2, -0.15) is 9.97 Å². The van der Waals surface area contributed by atoms with Crippen molar-refractivity contribution in [2.45, 2.75) is 37.5 Å². The van der Waals surface area contributed by atoms with Crippen molar-refractivity contribution in [2.75, 3.05) is 67.7 Å². The van der Waals surface area contributed by atoms with Gasteiger partial charge in [-0.05, 0) is 86.3 Å². The molecule has 2 aliphatic rings. The molecule has 2 saturated heterocycles. The highest BCUT2D eigenvalue weighted by Gasteiger charge is 2.29. The summed E-state index contributed by atoms with van der Waals surface area (Å²) < 4.78 is 32.1. The van der Waals surface area contributed by atoms with Gasteiger partial charge in [-0.15, -0.1) is 0 Å². The van der Waals surface area contributed by atoms with Crippen LogP contribution in [0.15, 0.2) is 94.2 Å². The Bertz CT molecular complexity index is 2560. The summed E-state index contributed by atoms with van der Waals surface area (Å²) in [5.74, 6) is 3.32. The predicted molar refractivity (Wildman–Crippen MR) is 240 cm³/mol. The average molecular weight is 921 g/mol. The molecule has 21 nitrogen and oxygen atoms in total. The number of aromatic carboxylic acids is 1. The third kappa shape index (κ3) is 12.9. The van der Waals surface area contributed by atoms with Gasteiger partial charge >= 0.3 is 5.97 Å². The second-order valence-electron chi connectivity index (χ2n) is 15.0. The number of carbonyl (C=O) groups excluding carboxylic acids is 3. The van der Waals surface area contributed by atoms with E-state index in [9.17, 15) is 19.2 Å². The third-order valence-corrected chi connectivity index (χ3v) is 10.9. The van der Waals surface area contributed by atoms with Crippen LogP contribution in [0.5, 0.6) is 23.0 Å². The number of amides is 3. The number of ether oxygens (including phenoxy) is 4. The third-order valence-electron chi connectivity index (χ3n) is 10.9. The van der Waals surface area contributed by atoms with Gasteiger partial charge in [0.15, 0.2) is 23.0 Å². The Hall–Kier alpha value is -7.94. The molecule has 8 rings (SSSR count). The molecule has 0 unspecified atom stereocenters. The Morgan fingerprint density at radius 1 is 0.642 bits per heavy atom. The molecule has 4 N–H and O–H groups in total. The second-order valence-corrected chi connectivity index (χ2v) is 15.0. The smallest absolute Gasteiger partial charge is 0.354 e. The summed E-state index contributed by atoms with van der Waals surface area (Å²) in [5.41, 5.74) is 7.33. The fourth-order valence-corrected chi connectivity index (χ4v) is 7.21. The molecule has 2 aromatic carbocycles. The van der Waals surface area contributed by atoms with Crippen LogP contribution in [0.2, 0.25) is 0 Å². The number of nitrogens with one attached hydrogen (secondary N) is 1. The number of carboxylic acid groups (broad SMARTS) is 1. The van der Waals surface area contributed by atoms with Crippen molar-refractivity contribution in [1.82, 2.24) is 45.4 Å². The highest BCUT2D eigenvalue weighted by molar-refractivity contribution is 5.94. The first kappa shape index (κ1) is 48.5. The number of carboxylic acids is 1. The number of aromatic nitrogens is 6. The van der Waals surface area contributed by atoms with Crippen molar-refractivity contribution >= 4 is 23.7 Å². The summed E-state index contributed by atoms with van der Waals surface area (Å²) in [6, 6.07) is 20.7. The van der Waals surface area contributed by atoms with E-state index in [1.165, 1.54) is 18.5 Å². The highest BCUT2D eigenvalue weighted by Crippen LogP contribution is 2.35. The predicted octanol–water partition coefficient (Wildman–Crippen LogP) is 4.48. The lowest BCUT2D eigenvalue weighted by Crippen LogP contribution is -2.43. The van der Waals surface area contributed by atoms with Gasteiger partial charge in [0, 0.05) is 61.5 Å². The molecule has 0 spiro atoms. The van der Waals surface area contributed by atoms with Crippen molar-refractivity contribution < 1.29 is 52.3 Å². The van der Waals surface area contributed by atoms with Gasteiger partial charge in [-0.3, -0.25) is 19.4 Å². The number of hydrogen-bond acceptors (Lipinski definition) is 17. The van der Waals surface area contributed by atoms with Gasteiger partial charge in [0.1, 0.15) is 11.4 Å². The summed E-state index contributed by atoms with van der Waals surface area (Å²) in [5, 5.41) is 19.1. The Morgan fingerprint density at radius 2 is 1.09 bits per heavy atom. The molecule has 6 heterocycles. The number of likely N-dealkylation sites (tertiary alicyclic amines) is 2. The van der Waals surface area contributed by atoms with Gasteiger partial charge in [0.2, 0.25) is 35.2 Å². The Labute approximate surface area is 385 Å². The van der Waals surface area contributed by atoms with Crippen LogP contribution in [0.25, 0.3) is 22.8 Å². The fourth-order valence-electron chi connectivity index (χ4n) is 7.21. The quantitative estimate of drug-likeness (QED) is 0.144. The number of pyridine rings is 2. The molecule has 2 fully saturated rings.